The van der Waals surface area contributed by atoms with Gasteiger partial charge in [-0.1, -0.05) is 36.4 Å². The van der Waals surface area contributed by atoms with Gasteiger partial charge in [0.25, 0.3) is 0 Å². The third-order valence-electron chi connectivity index (χ3n) is 5.54. The Kier molecular flexibility index (Phi) is 4.95. The first-order valence-electron chi connectivity index (χ1n) is 10.4. The minimum atomic E-state index is -0.602. The predicted molar refractivity (Wildman–Crippen MR) is 132 cm³/mol. The lowest BCUT2D eigenvalue weighted by Crippen LogP contribution is -2.37. The summed E-state index contributed by atoms with van der Waals surface area (Å²) in [6.45, 7) is 3.61. The molecule has 2 aliphatic rings. The van der Waals surface area contributed by atoms with Crippen LogP contribution in [0.3, 0.4) is 0 Å². The quantitative estimate of drug-likeness (QED) is 0.301. The number of ether oxygens (including phenoxy) is 1. The molecule has 2 N–H and O–H groups in total. The number of H-pyrrole nitrogens is 2. The van der Waals surface area contributed by atoms with Gasteiger partial charge in [-0.25, -0.2) is 9.78 Å². The van der Waals surface area contributed by atoms with Crippen molar-refractivity contribution >= 4 is 49.8 Å². The monoisotopic (exact) mass is 541 g/mol. The largest absolute Gasteiger partial charge is 0.378 e. The van der Waals surface area contributed by atoms with E-state index in [0.717, 1.165) is 53.4 Å². The Hall–Kier alpha value is -3.12. The molecule has 0 saturated carbocycles. The van der Waals surface area contributed by atoms with Crippen molar-refractivity contribution in [2.75, 3.05) is 34.3 Å². The number of aromatic amines is 2. The van der Waals surface area contributed by atoms with Crippen molar-refractivity contribution < 1.29 is 4.74 Å². The lowest BCUT2D eigenvalue weighted by Gasteiger charge is -2.28. The molecule has 162 valence electrons. The molecule has 32 heavy (non-hydrogen) atoms. The number of rotatable bonds is 4. The molecular formula is C22H20IN7O2. The molecule has 0 atom stereocenters. The summed E-state index contributed by atoms with van der Waals surface area (Å²) < 4.78 is 12.7. The number of hydrogen-bond donors (Lipinski definition) is 2. The first-order chi connectivity index (χ1) is 15.7. The predicted octanol–water partition coefficient (Wildman–Crippen LogP) is 3.87. The van der Waals surface area contributed by atoms with E-state index in [9.17, 15) is 4.79 Å². The summed E-state index contributed by atoms with van der Waals surface area (Å²) in [6, 6.07) is 16.2. The molecule has 6 rings (SSSR count). The smallest absolute Gasteiger partial charge is 0.323 e. The van der Waals surface area contributed by atoms with Crippen molar-refractivity contribution in [1.29, 1.82) is 0 Å². The number of morpholine rings is 1. The van der Waals surface area contributed by atoms with Gasteiger partial charge in [0.1, 0.15) is 32.7 Å². The van der Waals surface area contributed by atoms with Crippen molar-refractivity contribution in [3.63, 3.8) is 0 Å². The fourth-order valence-electron chi connectivity index (χ4n) is 3.93. The van der Waals surface area contributed by atoms with E-state index >= 15 is 0 Å². The van der Waals surface area contributed by atoms with E-state index < -0.39 is 21.3 Å². The molecule has 0 amide bonds. The van der Waals surface area contributed by atoms with Crippen molar-refractivity contribution in [3.8, 4) is 11.3 Å². The van der Waals surface area contributed by atoms with Crippen LogP contribution in [0.15, 0.2) is 56.5 Å². The van der Waals surface area contributed by atoms with Gasteiger partial charge in [0.2, 0.25) is 5.95 Å². The van der Waals surface area contributed by atoms with Crippen LogP contribution in [0.2, 0.25) is 0 Å². The van der Waals surface area contributed by atoms with Crippen LogP contribution in [0.5, 0.6) is 0 Å². The van der Waals surface area contributed by atoms with Gasteiger partial charge in [-0.3, -0.25) is 3.11 Å². The number of halogens is 1. The molecule has 2 aromatic carbocycles. The first kappa shape index (κ1) is 19.6. The molecule has 0 spiro atoms. The number of nitrogens with zero attached hydrogens (tertiary/aromatic N) is 5. The molecule has 0 aliphatic carbocycles. The summed E-state index contributed by atoms with van der Waals surface area (Å²) in [5.41, 5.74) is 5.08. The van der Waals surface area contributed by atoms with Gasteiger partial charge >= 0.3 is 5.69 Å². The first-order valence-corrected chi connectivity index (χ1v) is 12.3. The molecule has 10 heteroatoms. The van der Waals surface area contributed by atoms with Crippen LogP contribution in [-0.2, 0) is 11.3 Å². The Morgan fingerprint density at radius 1 is 1.00 bits per heavy atom. The minimum Gasteiger partial charge on any atom is -0.378 e. The van der Waals surface area contributed by atoms with Gasteiger partial charge in [-0.05, 0) is 17.7 Å². The second-order valence-corrected chi connectivity index (χ2v) is 9.73. The van der Waals surface area contributed by atoms with Gasteiger partial charge in [0.05, 0.1) is 30.8 Å². The van der Waals surface area contributed by atoms with E-state index in [2.05, 4.69) is 42.2 Å². The highest BCUT2D eigenvalue weighted by Gasteiger charge is 2.27. The molecule has 0 radical (unpaired) electrons. The van der Waals surface area contributed by atoms with Crippen molar-refractivity contribution in [2.45, 2.75) is 6.54 Å². The third kappa shape index (κ3) is 3.58. The molecule has 0 unspecified atom stereocenters. The maximum Gasteiger partial charge on any atom is 0.323 e. The fraction of sp³-hybridized carbons (Fsp3) is 0.227. The maximum atomic E-state index is 11.7. The number of fused-ring (bicyclic) bond motifs is 2. The Labute approximate surface area is 194 Å². The number of hydrogen-bond acceptors (Lipinski definition) is 7. The van der Waals surface area contributed by atoms with Crippen molar-refractivity contribution in [3.05, 3.63) is 64.6 Å². The molecule has 4 heterocycles. The average Bonchev–Trinajstić information content (AvgIpc) is 3.41. The van der Waals surface area contributed by atoms with Crippen LogP contribution in [0.1, 0.15) is 5.56 Å². The molecule has 2 aromatic heterocycles. The minimum absolute atomic E-state index is 0.219. The van der Waals surface area contributed by atoms with Crippen LogP contribution < -0.4 is 13.7 Å². The van der Waals surface area contributed by atoms with Crippen LogP contribution in [0.25, 0.3) is 22.3 Å². The second kappa shape index (κ2) is 8.10. The third-order valence-corrected chi connectivity index (χ3v) is 7.56. The van der Waals surface area contributed by atoms with E-state index in [1.807, 2.05) is 24.3 Å². The number of imidazole rings is 1. The molecule has 4 aromatic rings. The summed E-state index contributed by atoms with van der Waals surface area (Å²) in [5.74, 6) is 1.58. The molecular weight excluding hydrogens is 521 g/mol. The van der Waals surface area contributed by atoms with E-state index in [0.29, 0.717) is 19.2 Å². The van der Waals surface area contributed by atoms with Crippen LogP contribution in [0, 0.1) is 0 Å². The van der Waals surface area contributed by atoms with Gasteiger partial charge in [-0.2, -0.15) is 8.13 Å². The van der Waals surface area contributed by atoms with E-state index in [4.69, 9.17) is 17.8 Å². The normalized spacial score (nSPS) is 15.8. The topological polar surface area (TPSA) is 102 Å². The highest BCUT2D eigenvalue weighted by Crippen LogP contribution is 2.47. The molecule has 1 saturated heterocycles. The molecule has 1 fully saturated rings. The highest BCUT2D eigenvalue weighted by atomic mass is 127. The summed E-state index contributed by atoms with van der Waals surface area (Å²) in [4.78, 5) is 29.4. The Morgan fingerprint density at radius 3 is 2.66 bits per heavy atom. The SMILES string of the molecule is O=c1[nH]c2ccc(-c3nc(N4CCOCC4)nc4c3N=IN4Cc3ccccc3)cc2[nH]1. The molecule has 0 bridgehead atoms. The van der Waals surface area contributed by atoms with E-state index in [1.165, 1.54) is 5.56 Å². The zero-order chi connectivity index (χ0) is 21.5. The number of nitrogens with one attached hydrogen (secondary N) is 2. The van der Waals surface area contributed by atoms with Crippen molar-refractivity contribution in [2.24, 2.45) is 3.15 Å². The molecule has 2 aliphatic heterocycles. The average molecular weight is 541 g/mol. The lowest BCUT2D eigenvalue weighted by molar-refractivity contribution is 0.122. The van der Waals surface area contributed by atoms with Crippen molar-refractivity contribution in [1.82, 2.24) is 19.9 Å². The van der Waals surface area contributed by atoms with Gasteiger partial charge in [-0.15, -0.1) is 0 Å². The maximum absolute atomic E-state index is 11.7. The van der Waals surface area contributed by atoms with Gasteiger partial charge < -0.3 is 19.6 Å². The van der Waals surface area contributed by atoms with Gasteiger partial charge in [0, 0.05) is 18.7 Å². The number of benzene rings is 2. The zero-order valence-electron chi connectivity index (χ0n) is 17.1. The summed E-state index contributed by atoms with van der Waals surface area (Å²) in [5, 5.41) is 0. The Bertz CT molecular complexity index is 1380. The zero-order valence-corrected chi connectivity index (χ0v) is 19.2. The van der Waals surface area contributed by atoms with E-state index in [1.54, 1.807) is 0 Å². The fourth-order valence-corrected chi connectivity index (χ4v) is 5.94. The van der Waals surface area contributed by atoms with E-state index in [-0.39, 0.29) is 5.69 Å². The standard InChI is InChI=1S/C22H20IN7O2/c31-22-24-16-7-6-15(12-17(16)25-22)18-19-20(27-21(26-18)29-8-10-32-11-9-29)30(23-28-19)13-14-4-2-1-3-5-14/h1-7,12H,8-11,13H2,(H2,24,25,31). The number of anilines is 2. The highest BCUT2D eigenvalue weighted by molar-refractivity contribution is 14.2. The Balaban J connectivity index is 1.47. The van der Waals surface area contributed by atoms with Crippen LogP contribution in [0.4, 0.5) is 17.5 Å². The van der Waals surface area contributed by atoms with Crippen LogP contribution >= 0.6 is 21.3 Å². The lowest BCUT2D eigenvalue weighted by atomic mass is 10.1. The second-order valence-electron chi connectivity index (χ2n) is 7.65. The van der Waals surface area contributed by atoms with Crippen LogP contribution in [-0.4, -0.2) is 46.2 Å². The number of aromatic nitrogens is 4. The summed E-state index contributed by atoms with van der Waals surface area (Å²) in [6.07, 6.45) is 0. The summed E-state index contributed by atoms with van der Waals surface area (Å²) in [7, 11) is 0. The Morgan fingerprint density at radius 2 is 1.81 bits per heavy atom. The van der Waals surface area contributed by atoms with Gasteiger partial charge in [0.15, 0.2) is 5.82 Å². The molecule has 9 nitrogen and oxygen atoms in total. The summed E-state index contributed by atoms with van der Waals surface area (Å²) >= 11 is -0.602.